The first-order valence-corrected chi connectivity index (χ1v) is 11.1. The summed E-state index contributed by atoms with van der Waals surface area (Å²) >= 11 is 0. The van der Waals surface area contributed by atoms with Gasteiger partial charge in [0.15, 0.2) is 0 Å². The number of hydrogen-bond acceptors (Lipinski definition) is 5. The van der Waals surface area contributed by atoms with Gasteiger partial charge in [0.1, 0.15) is 5.82 Å². The van der Waals surface area contributed by atoms with Crippen molar-refractivity contribution in [2.45, 2.75) is 45.1 Å². The Morgan fingerprint density at radius 3 is 2.39 bits per heavy atom. The number of piperidine rings is 1. The van der Waals surface area contributed by atoms with Crippen LogP contribution in [0.15, 0.2) is 60.7 Å². The number of aryl methyl sites for hydroxylation is 1. The largest absolute Gasteiger partial charge is 0.416 e. The number of halogens is 3. The highest BCUT2D eigenvalue weighted by molar-refractivity contribution is 5.43. The number of likely N-dealkylation sites (tertiary alicyclic amines) is 1. The van der Waals surface area contributed by atoms with E-state index in [1.165, 1.54) is 11.6 Å². The smallest absolute Gasteiger partial charge is 0.366 e. The maximum absolute atomic E-state index is 12.9. The van der Waals surface area contributed by atoms with Gasteiger partial charge in [0.05, 0.1) is 5.56 Å². The molecule has 1 fully saturated rings. The molecule has 1 aliphatic heterocycles. The molecule has 3 aromatic rings. The molecule has 4 rings (SSSR count). The average molecular weight is 456 g/mol. The summed E-state index contributed by atoms with van der Waals surface area (Å²) < 4.78 is 38.8. The molecule has 0 unspecified atom stereocenters. The summed E-state index contributed by atoms with van der Waals surface area (Å²) in [5.74, 6) is 1.13. The predicted octanol–water partition coefficient (Wildman–Crippen LogP) is 5.49. The molecule has 2 aromatic carbocycles. The molecule has 0 amide bonds. The topological polar surface area (TPSA) is 53.1 Å². The van der Waals surface area contributed by atoms with E-state index in [9.17, 15) is 13.2 Å². The van der Waals surface area contributed by atoms with Crippen LogP contribution in [0.3, 0.4) is 0 Å². The molecule has 0 atom stereocenters. The third kappa shape index (κ3) is 6.68. The molecule has 2 N–H and O–H groups in total. The van der Waals surface area contributed by atoms with Crippen molar-refractivity contribution >= 4 is 11.8 Å². The molecule has 0 radical (unpaired) electrons. The van der Waals surface area contributed by atoms with Crippen molar-refractivity contribution in [2.24, 2.45) is 0 Å². The number of alkyl halides is 3. The number of nitrogens with zero attached hydrogens (tertiary/aromatic N) is 3. The Bertz CT molecular complexity index is 1050. The fourth-order valence-corrected chi connectivity index (χ4v) is 4.03. The van der Waals surface area contributed by atoms with E-state index < -0.39 is 11.7 Å². The maximum Gasteiger partial charge on any atom is 0.416 e. The van der Waals surface area contributed by atoms with Crippen LogP contribution in [0.2, 0.25) is 0 Å². The summed E-state index contributed by atoms with van der Waals surface area (Å²) in [6.45, 7) is 5.08. The highest BCUT2D eigenvalue weighted by Crippen LogP contribution is 2.29. The molecule has 5 nitrogen and oxygen atoms in total. The number of hydrogen-bond donors (Lipinski definition) is 2. The molecule has 1 aromatic heterocycles. The Hall–Kier alpha value is -3.13. The van der Waals surface area contributed by atoms with Crippen LogP contribution < -0.4 is 10.6 Å². The lowest BCUT2D eigenvalue weighted by Crippen LogP contribution is -2.39. The molecular weight excluding hydrogens is 427 g/mol. The summed E-state index contributed by atoms with van der Waals surface area (Å²) in [6.07, 6.45) is -2.36. The fourth-order valence-electron chi connectivity index (χ4n) is 4.03. The Balaban J connectivity index is 1.31. The van der Waals surface area contributed by atoms with Gasteiger partial charge in [-0.2, -0.15) is 18.2 Å². The standard InChI is InChI=1S/C25H28F3N5/c1-18-14-23(29-16-20-8-5-9-21(15-20)25(26,27)28)32-24(30-18)31-22-10-12-33(13-11-22)17-19-6-3-2-4-7-19/h2-9,14-15,22H,10-13,16-17H2,1H3,(H2,29,30,31,32). The highest BCUT2D eigenvalue weighted by Gasteiger charge is 2.30. The van der Waals surface area contributed by atoms with Gasteiger partial charge in [-0.1, -0.05) is 42.5 Å². The summed E-state index contributed by atoms with van der Waals surface area (Å²) in [6, 6.07) is 17.9. The fraction of sp³-hybridized carbons (Fsp3) is 0.360. The molecule has 0 aliphatic carbocycles. The molecule has 8 heteroatoms. The molecule has 174 valence electrons. The summed E-state index contributed by atoms with van der Waals surface area (Å²) in [4.78, 5) is 11.5. The van der Waals surface area contributed by atoms with E-state index in [-0.39, 0.29) is 12.6 Å². The van der Waals surface area contributed by atoms with Crippen molar-refractivity contribution < 1.29 is 13.2 Å². The summed E-state index contributed by atoms with van der Waals surface area (Å²) in [5, 5.41) is 6.56. The molecule has 33 heavy (non-hydrogen) atoms. The minimum absolute atomic E-state index is 0.248. The van der Waals surface area contributed by atoms with Crippen LogP contribution in [0.4, 0.5) is 24.9 Å². The first-order chi connectivity index (χ1) is 15.8. The van der Waals surface area contributed by atoms with Crippen LogP contribution in [0.1, 0.15) is 35.2 Å². The molecule has 0 saturated carbocycles. The Morgan fingerprint density at radius 2 is 1.67 bits per heavy atom. The number of nitrogens with one attached hydrogen (secondary N) is 2. The van der Waals surface area contributed by atoms with E-state index in [1.54, 1.807) is 12.1 Å². The van der Waals surface area contributed by atoms with Crippen LogP contribution in [-0.4, -0.2) is 34.0 Å². The van der Waals surface area contributed by atoms with Gasteiger partial charge in [-0.3, -0.25) is 4.90 Å². The summed E-state index contributed by atoms with van der Waals surface area (Å²) in [5.41, 5.74) is 2.01. The monoisotopic (exact) mass is 455 g/mol. The Morgan fingerprint density at radius 1 is 0.939 bits per heavy atom. The predicted molar refractivity (Wildman–Crippen MR) is 124 cm³/mol. The molecule has 0 bridgehead atoms. The normalized spacial score (nSPS) is 15.4. The molecule has 2 heterocycles. The average Bonchev–Trinajstić information content (AvgIpc) is 2.79. The molecular formula is C25H28F3N5. The van der Waals surface area contributed by atoms with Gasteiger partial charge >= 0.3 is 6.18 Å². The van der Waals surface area contributed by atoms with Crippen molar-refractivity contribution in [3.63, 3.8) is 0 Å². The number of rotatable bonds is 7. The minimum Gasteiger partial charge on any atom is -0.366 e. The van der Waals surface area contributed by atoms with Crippen molar-refractivity contribution in [2.75, 3.05) is 23.7 Å². The van der Waals surface area contributed by atoms with E-state index in [2.05, 4.69) is 49.8 Å². The van der Waals surface area contributed by atoms with E-state index in [0.29, 0.717) is 17.3 Å². The van der Waals surface area contributed by atoms with Crippen molar-refractivity contribution in [3.05, 3.63) is 83.0 Å². The lowest BCUT2D eigenvalue weighted by molar-refractivity contribution is -0.137. The van der Waals surface area contributed by atoms with E-state index in [0.717, 1.165) is 50.3 Å². The zero-order valence-corrected chi connectivity index (χ0v) is 18.6. The third-order valence-corrected chi connectivity index (χ3v) is 5.75. The number of aromatic nitrogens is 2. The molecule has 1 aliphatic rings. The second-order valence-corrected chi connectivity index (χ2v) is 8.45. The van der Waals surface area contributed by atoms with Crippen LogP contribution >= 0.6 is 0 Å². The zero-order valence-electron chi connectivity index (χ0n) is 18.6. The zero-order chi connectivity index (χ0) is 23.3. The van der Waals surface area contributed by atoms with E-state index in [1.807, 2.05) is 13.0 Å². The highest BCUT2D eigenvalue weighted by atomic mass is 19.4. The second kappa shape index (κ2) is 10.2. The van der Waals surface area contributed by atoms with Gasteiger partial charge in [0.2, 0.25) is 5.95 Å². The van der Waals surface area contributed by atoms with Gasteiger partial charge < -0.3 is 10.6 Å². The SMILES string of the molecule is Cc1cc(NCc2cccc(C(F)(F)F)c2)nc(NC2CCN(Cc3ccccc3)CC2)n1. The van der Waals surface area contributed by atoms with Crippen LogP contribution in [0.5, 0.6) is 0 Å². The quantitative estimate of drug-likeness (QED) is 0.493. The Kier molecular flexibility index (Phi) is 7.13. The van der Waals surface area contributed by atoms with Gasteiger partial charge in [-0.25, -0.2) is 4.98 Å². The van der Waals surface area contributed by atoms with E-state index in [4.69, 9.17) is 0 Å². The van der Waals surface area contributed by atoms with Crippen molar-refractivity contribution in [1.29, 1.82) is 0 Å². The first kappa shape index (κ1) is 23.0. The summed E-state index contributed by atoms with van der Waals surface area (Å²) in [7, 11) is 0. The van der Waals surface area contributed by atoms with Crippen molar-refractivity contribution in [3.8, 4) is 0 Å². The van der Waals surface area contributed by atoms with Gasteiger partial charge in [-0.15, -0.1) is 0 Å². The molecule has 1 saturated heterocycles. The van der Waals surface area contributed by atoms with E-state index >= 15 is 0 Å². The maximum atomic E-state index is 12.9. The number of anilines is 2. The second-order valence-electron chi connectivity index (χ2n) is 8.45. The lowest BCUT2D eigenvalue weighted by atomic mass is 10.0. The van der Waals surface area contributed by atoms with Gasteiger partial charge in [0, 0.05) is 44.0 Å². The Labute approximate surface area is 192 Å². The van der Waals surface area contributed by atoms with Crippen LogP contribution in [0.25, 0.3) is 0 Å². The first-order valence-electron chi connectivity index (χ1n) is 11.1. The number of benzene rings is 2. The third-order valence-electron chi connectivity index (χ3n) is 5.75. The minimum atomic E-state index is -4.35. The van der Waals surface area contributed by atoms with Crippen LogP contribution in [0, 0.1) is 6.92 Å². The van der Waals surface area contributed by atoms with Gasteiger partial charge in [0.25, 0.3) is 0 Å². The lowest BCUT2D eigenvalue weighted by Gasteiger charge is -2.32. The van der Waals surface area contributed by atoms with Crippen LogP contribution in [-0.2, 0) is 19.3 Å². The molecule has 0 spiro atoms. The van der Waals surface area contributed by atoms with Gasteiger partial charge in [-0.05, 0) is 43.0 Å². The van der Waals surface area contributed by atoms with Crippen molar-refractivity contribution in [1.82, 2.24) is 14.9 Å².